The van der Waals surface area contributed by atoms with Crippen molar-refractivity contribution in [2.24, 2.45) is 0 Å². The van der Waals surface area contributed by atoms with E-state index in [1.807, 2.05) is 31.3 Å². The lowest BCUT2D eigenvalue weighted by molar-refractivity contribution is 0.0737. The molecule has 1 aliphatic rings. The zero-order chi connectivity index (χ0) is 18.1. The fourth-order valence-corrected chi connectivity index (χ4v) is 3.39. The Hall–Kier alpha value is -2.57. The third kappa shape index (κ3) is 3.13. The van der Waals surface area contributed by atoms with E-state index >= 15 is 0 Å². The molecular formula is C19H19ClN4O2. The molecule has 1 aromatic carbocycles. The molecule has 3 aromatic rings. The Morgan fingerprint density at radius 2 is 2.23 bits per heavy atom. The third-order valence-electron chi connectivity index (χ3n) is 4.66. The maximum absolute atomic E-state index is 12.9. The van der Waals surface area contributed by atoms with Gasteiger partial charge < -0.3 is 14.6 Å². The number of carbonyl (C=O) groups is 1. The smallest absolute Gasteiger partial charge is 0.274 e. The molecule has 1 saturated heterocycles. The molecule has 0 saturated carbocycles. The predicted molar refractivity (Wildman–Crippen MR) is 99.6 cm³/mol. The minimum atomic E-state index is -0.104. The van der Waals surface area contributed by atoms with E-state index in [0.29, 0.717) is 22.2 Å². The number of nitrogens with zero attached hydrogens (tertiary/aromatic N) is 3. The molecule has 1 N–H and O–H groups in total. The van der Waals surface area contributed by atoms with Gasteiger partial charge in [0.05, 0.1) is 12.0 Å². The molecule has 7 heteroatoms. The molecule has 1 unspecified atom stereocenters. The summed E-state index contributed by atoms with van der Waals surface area (Å²) in [6, 6.07) is 13.0. The van der Waals surface area contributed by atoms with Gasteiger partial charge in [0.2, 0.25) is 0 Å². The first kappa shape index (κ1) is 16.9. The number of hydrogen-bond acceptors (Lipinski definition) is 4. The van der Waals surface area contributed by atoms with Crippen LogP contribution in [0.3, 0.4) is 0 Å². The summed E-state index contributed by atoms with van der Waals surface area (Å²) in [6.45, 7) is 1.74. The third-order valence-corrected chi connectivity index (χ3v) is 4.89. The van der Waals surface area contributed by atoms with E-state index in [-0.39, 0.29) is 11.9 Å². The molecule has 0 radical (unpaired) electrons. The van der Waals surface area contributed by atoms with Crippen molar-refractivity contribution in [2.45, 2.75) is 12.5 Å². The lowest BCUT2D eigenvalue weighted by atomic mass is 10.2. The Kier molecular flexibility index (Phi) is 4.53. The number of likely N-dealkylation sites (N-methyl/N-ethyl adjacent to an activating group) is 1. The van der Waals surface area contributed by atoms with E-state index in [2.05, 4.69) is 10.4 Å². The van der Waals surface area contributed by atoms with Gasteiger partial charge in [0, 0.05) is 30.7 Å². The highest BCUT2D eigenvalue weighted by molar-refractivity contribution is 6.30. The van der Waals surface area contributed by atoms with Crippen molar-refractivity contribution >= 4 is 17.5 Å². The molecule has 3 heterocycles. The topological polar surface area (TPSA) is 63.3 Å². The molecule has 134 valence electrons. The number of furan rings is 1. The van der Waals surface area contributed by atoms with Gasteiger partial charge in [-0.25, -0.2) is 4.68 Å². The van der Waals surface area contributed by atoms with Crippen molar-refractivity contribution in [1.29, 1.82) is 0 Å². The molecular weight excluding hydrogens is 352 g/mol. The van der Waals surface area contributed by atoms with Crippen LogP contribution in [0.2, 0.25) is 5.02 Å². The number of amides is 1. The zero-order valence-corrected chi connectivity index (χ0v) is 15.1. The van der Waals surface area contributed by atoms with Crippen molar-refractivity contribution in [3.63, 3.8) is 0 Å². The van der Waals surface area contributed by atoms with Crippen LogP contribution < -0.4 is 5.32 Å². The lowest BCUT2D eigenvalue weighted by Crippen LogP contribution is -2.38. The van der Waals surface area contributed by atoms with Gasteiger partial charge in [0.15, 0.2) is 11.5 Å². The van der Waals surface area contributed by atoms with Gasteiger partial charge in [0.25, 0.3) is 5.91 Å². The molecule has 0 aliphatic carbocycles. The van der Waals surface area contributed by atoms with Gasteiger partial charge in [0.1, 0.15) is 5.69 Å². The summed E-state index contributed by atoms with van der Waals surface area (Å²) in [5.74, 6) is 0.536. The van der Waals surface area contributed by atoms with E-state index in [9.17, 15) is 4.79 Å². The molecule has 2 aromatic heterocycles. The van der Waals surface area contributed by atoms with Crippen molar-refractivity contribution < 1.29 is 9.21 Å². The van der Waals surface area contributed by atoms with E-state index in [0.717, 1.165) is 25.2 Å². The van der Waals surface area contributed by atoms with Crippen LogP contribution in [0.25, 0.3) is 17.1 Å². The van der Waals surface area contributed by atoms with Crippen molar-refractivity contribution in [2.75, 3.05) is 20.1 Å². The van der Waals surface area contributed by atoms with Crippen LogP contribution in [0.4, 0.5) is 0 Å². The summed E-state index contributed by atoms with van der Waals surface area (Å²) in [5, 5.41) is 8.44. The quantitative estimate of drug-likeness (QED) is 0.766. The molecule has 1 fully saturated rings. The number of benzene rings is 1. The van der Waals surface area contributed by atoms with Gasteiger partial charge in [-0.2, -0.15) is 5.10 Å². The van der Waals surface area contributed by atoms with Crippen LogP contribution in [-0.2, 0) is 0 Å². The number of hydrogen-bond donors (Lipinski definition) is 1. The van der Waals surface area contributed by atoms with E-state index < -0.39 is 0 Å². The van der Waals surface area contributed by atoms with Crippen LogP contribution in [-0.4, -0.2) is 46.8 Å². The summed E-state index contributed by atoms with van der Waals surface area (Å²) in [6.07, 6.45) is 2.55. The average molecular weight is 371 g/mol. The first-order valence-corrected chi connectivity index (χ1v) is 8.89. The van der Waals surface area contributed by atoms with Gasteiger partial charge in [-0.3, -0.25) is 4.79 Å². The fraction of sp³-hybridized carbons (Fsp3) is 0.263. The molecule has 26 heavy (non-hydrogen) atoms. The molecule has 0 spiro atoms. The second-order valence-electron chi connectivity index (χ2n) is 6.35. The average Bonchev–Trinajstić information content (AvgIpc) is 3.41. The minimum Gasteiger partial charge on any atom is -0.463 e. The highest BCUT2D eigenvalue weighted by Crippen LogP contribution is 2.26. The Labute approximate surface area is 156 Å². The van der Waals surface area contributed by atoms with Crippen molar-refractivity contribution in [3.05, 3.63) is 59.4 Å². The van der Waals surface area contributed by atoms with E-state index in [1.165, 1.54) is 0 Å². The first-order valence-electron chi connectivity index (χ1n) is 8.51. The summed E-state index contributed by atoms with van der Waals surface area (Å²) in [4.78, 5) is 14.7. The Morgan fingerprint density at radius 3 is 2.92 bits per heavy atom. The number of halogens is 1. The second-order valence-corrected chi connectivity index (χ2v) is 6.78. The highest BCUT2D eigenvalue weighted by Gasteiger charge is 2.27. The number of rotatable bonds is 4. The van der Waals surface area contributed by atoms with Crippen molar-refractivity contribution in [1.82, 2.24) is 20.0 Å². The van der Waals surface area contributed by atoms with E-state index in [4.69, 9.17) is 16.0 Å². The fourth-order valence-electron chi connectivity index (χ4n) is 3.21. The maximum Gasteiger partial charge on any atom is 0.274 e. The monoisotopic (exact) mass is 370 g/mol. The van der Waals surface area contributed by atoms with Crippen molar-refractivity contribution in [3.8, 4) is 17.1 Å². The molecule has 4 rings (SSSR count). The molecule has 1 atom stereocenters. The number of carbonyl (C=O) groups excluding carboxylic acids is 1. The van der Waals surface area contributed by atoms with Crippen LogP contribution in [0.5, 0.6) is 0 Å². The first-order chi connectivity index (χ1) is 12.6. The van der Waals surface area contributed by atoms with Crippen LogP contribution in [0, 0.1) is 0 Å². The summed E-state index contributed by atoms with van der Waals surface area (Å²) in [7, 11) is 1.82. The predicted octanol–water partition coefficient (Wildman–Crippen LogP) is 3.22. The van der Waals surface area contributed by atoms with Gasteiger partial charge >= 0.3 is 0 Å². The number of aromatic nitrogens is 2. The van der Waals surface area contributed by atoms with E-state index in [1.54, 1.807) is 34.0 Å². The van der Waals surface area contributed by atoms with Gasteiger partial charge in [-0.15, -0.1) is 0 Å². The highest BCUT2D eigenvalue weighted by atomic mass is 35.5. The van der Waals surface area contributed by atoms with Gasteiger partial charge in [-0.1, -0.05) is 17.7 Å². The summed E-state index contributed by atoms with van der Waals surface area (Å²) >= 11 is 6.13. The summed E-state index contributed by atoms with van der Waals surface area (Å²) < 4.78 is 7.23. The normalized spacial score (nSPS) is 16.8. The maximum atomic E-state index is 12.9. The Bertz CT molecular complexity index is 914. The van der Waals surface area contributed by atoms with Crippen LogP contribution in [0.15, 0.2) is 53.1 Å². The standard InChI is InChI=1S/C19H19ClN4O2/c1-23(15-7-8-21-12-15)19(25)16-11-17(18-6-3-9-26-18)24(22-16)14-5-2-4-13(20)10-14/h2-6,9-11,15,21H,7-8,12H2,1H3. The lowest BCUT2D eigenvalue weighted by Gasteiger charge is -2.22. The molecule has 6 nitrogen and oxygen atoms in total. The largest absolute Gasteiger partial charge is 0.463 e. The Balaban J connectivity index is 1.75. The summed E-state index contributed by atoms with van der Waals surface area (Å²) in [5.41, 5.74) is 1.86. The van der Waals surface area contributed by atoms with Crippen LogP contribution in [0.1, 0.15) is 16.9 Å². The zero-order valence-electron chi connectivity index (χ0n) is 14.4. The van der Waals surface area contributed by atoms with Crippen LogP contribution >= 0.6 is 11.6 Å². The second kappa shape index (κ2) is 6.97. The SMILES string of the molecule is CN(C(=O)c1cc(-c2ccco2)n(-c2cccc(Cl)c2)n1)C1CCNC1. The molecule has 0 bridgehead atoms. The number of nitrogens with one attached hydrogen (secondary N) is 1. The Morgan fingerprint density at radius 1 is 1.35 bits per heavy atom. The molecule has 1 amide bonds. The molecule has 1 aliphatic heterocycles. The van der Waals surface area contributed by atoms with Gasteiger partial charge in [-0.05, 0) is 43.3 Å². The minimum absolute atomic E-state index is 0.104.